The molecule has 0 aliphatic heterocycles. The van der Waals surface area contributed by atoms with Crippen LogP contribution in [0.15, 0.2) is 131 Å². The van der Waals surface area contributed by atoms with E-state index in [9.17, 15) is 24.8 Å². The summed E-state index contributed by atoms with van der Waals surface area (Å²) in [5.41, 5.74) is 10.1. The lowest BCUT2D eigenvalue weighted by molar-refractivity contribution is -0.133. The van der Waals surface area contributed by atoms with Gasteiger partial charge >= 0.3 is 0 Å². The van der Waals surface area contributed by atoms with Gasteiger partial charge in [-0.1, -0.05) is 112 Å². The van der Waals surface area contributed by atoms with Crippen LogP contribution in [0.2, 0.25) is 25.7 Å². The molecule has 19 nitrogen and oxygen atoms in total. The molecule has 390 valence electrons. The minimum atomic E-state index is -2.09. The van der Waals surface area contributed by atoms with E-state index in [2.05, 4.69) is 56.2 Å². The lowest BCUT2D eigenvalue weighted by Gasteiger charge is -2.22. The summed E-state index contributed by atoms with van der Waals surface area (Å²) >= 11 is 2.56. The van der Waals surface area contributed by atoms with Gasteiger partial charge in [0.15, 0.2) is 11.3 Å². The molecular formula is C55H54N14O5S2Si. The molecule has 0 fully saturated rings. The van der Waals surface area contributed by atoms with Crippen LogP contribution in [0.1, 0.15) is 45.6 Å². The van der Waals surface area contributed by atoms with Crippen LogP contribution in [0.5, 0.6) is 0 Å². The van der Waals surface area contributed by atoms with Gasteiger partial charge in [0.1, 0.15) is 33.7 Å². The highest BCUT2D eigenvalue weighted by molar-refractivity contribution is 7.20. The first-order chi connectivity index (χ1) is 36.6. The summed E-state index contributed by atoms with van der Waals surface area (Å²) in [6, 6.07) is 33.3. The van der Waals surface area contributed by atoms with Gasteiger partial charge < -0.3 is 24.7 Å². The summed E-state index contributed by atoms with van der Waals surface area (Å²) in [6.07, 6.45) is 6.91. The van der Waals surface area contributed by atoms with Crippen LogP contribution in [-0.4, -0.2) is 84.3 Å². The maximum atomic E-state index is 13.7. The largest absolute Gasteiger partial charge is 0.370 e. The fourth-order valence-electron chi connectivity index (χ4n) is 9.49. The molecule has 0 spiro atoms. The second-order valence-corrected chi connectivity index (χ2v) is 27.4. The van der Waals surface area contributed by atoms with Gasteiger partial charge in [-0.3, -0.25) is 19.5 Å². The van der Waals surface area contributed by atoms with Crippen molar-refractivity contribution in [3.8, 4) is 6.07 Å². The molecule has 77 heavy (non-hydrogen) atoms. The summed E-state index contributed by atoms with van der Waals surface area (Å²) < 4.78 is 15.7. The fraction of sp³-hybridized carbons (Fsp3) is 0.236. The maximum absolute atomic E-state index is 13.7. The number of H-pyrrole nitrogens is 1. The van der Waals surface area contributed by atoms with E-state index in [0.717, 1.165) is 72.6 Å². The summed E-state index contributed by atoms with van der Waals surface area (Å²) in [6.45, 7) is 8.72. The van der Waals surface area contributed by atoms with Crippen molar-refractivity contribution < 1.29 is 14.6 Å². The SMILES string of the molecule is C.Cn1c2nc(C(C#N)c3ccccc3)sc2c2cnn(Cc3cccc4c3cnn4COCC[Si](C)(C)C)c(=O)c21.Cn1c2nc(C(O)(C(N)=O)c3ccccc3)sc2c2cnn(Cc3cccc4[nH]ncc34)c(=O)c21. The number of amides is 1. The van der Waals surface area contributed by atoms with Crippen LogP contribution in [0.3, 0.4) is 0 Å². The van der Waals surface area contributed by atoms with Gasteiger partial charge in [-0.2, -0.15) is 25.7 Å². The number of ether oxygens (including phenoxy) is 1. The standard InChI is InChI=1S/C30H31N7O2SSi.C24H19N7O3S.CH4/c1-35-26-24(27-28(35)34-29(40-27)22(15-31)20-9-6-5-7-10-20)17-32-36(30(26)38)18-21-11-8-12-25-23(21)16-33-37(25)19-39-13-14-41(2,3)4;1-30-18-16(11-27-31(21(18)32)12-13-6-5-9-17-15(13)10-26-29-17)19-20(30)28-23(35-19)24(34,22(25)33)14-7-3-2-4-8-14;/h5-12,16-17,22H,13-14,18-19H2,1-4H3;2-11,34H,12H2,1H3,(H2,25,33)(H,26,29);1H4. The fourth-order valence-corrected chi connectivity index (χ4v) is 12.7. The highest BCUT2D eigenvalue weighted by Gasteiger charge is 2.42. The number of benzene rings is 4. The third-order valence-electron chi connectivity index (χ3n) is 13.6. The van der Waals surface area contributed by atoms with E-state index < -0.39 is 25.5 Å². The van der Waals surface area contributed by atoms with Crippen molar-refractivity contribution in [3.05, 3.63) is 175 Å². The molecule has 2 unspecified atom stereocenters. The zero-order valence-corrected chi connectivity index (χ0v) is 44.6. The Balaban J connectivity index is 0.000000174. The van der Waals surface area contributed by atoms with Gasteiger partial charge in [-0.05, 0) is 34.9 Å². The van der Waals surface area contributed by atoms with E-state index in [-0.39, 0.29) is 30.1 Å². The number of thiazole rings is 2. The third kappa shape index (κ3) is 9.31. The minimum Gasteiger partial charge on any atom is -0.370 e. The Morgan fingerprint density at radius 3 is 1.95 bits per heavy atom. The summed E-state index contributed by atoms with van der Waals surface area (Å²) in [4.78, 5) is 48.8. The Morgan fingerprint density at radius 2 is 1.32 bits per heavy atom. The van der Waals surface area contributed by atoms with Crippen LogP contribution in [0.4, 0.5) is 0 Å². The molecule has 0 aliphatic rings. The van der Waals surface area contributed by atoms with Crippen molar-refractivity contribution >= 4 is 101 Å². The Bertz CT molecular complexity index is 4350. The van der Waals surface area contributed by atoms with Crippen molar-refractivity contribution in [2.45, 2.75) is 64.5 Å². The molecule has 2 atom stereocenters. The number of hydrogen-bond acceptors (Lipinski definition) is 14. The Labute approximate surface area is 449 Å². The molecule has 1 amide bonds. The molecule has 12 rings (SSSR count). The first-order valence-electron chi connectivity index (χ1n) is 24.3. The summed E-state index contributed by atoms with van der Waals surface area (Å²) in [5.74, 6) is -1.40. The number of rotatable bonds is 14. The molecule has 8 aromatic heterocycles. The molecule has 4 aromatic carbocycles. The number of nitrogens with one attached hydrogen (secondary N) is 1. The Kier molecular flexibility index (Phi) is 13.9. The number of hydrogen-bond donors (Lipinski definition) is 3. The second-order valence-electron chi connectivity index (χ2n) is 19.7. The molecule has 22 heteroatoms. The van der Waals surface area contributed by atoms with Gasteiger partial charge in [0.05, 0.1) is 64.4 Å². The minimum absolute atomic E-state index is 0. The van der Waals surface area contributed by atoms with Crippen LogP contribution in [-0.2, 0) is 49.0 Å². The van der Waals surface area contributed by atoms with Crippen molar-refractivity contribution in [2.75, 3.05) is 6.61 Å². The predicted octanol–water partition coefficient (Wildman–Crippen LogP) is 8.34. The Morgan fingerprint density at radius 1 is 0.753 bits per heavy atom. The first kappa shape index (κ1) is 52.0. The molecule has 0 saturated carbocycles. The van der Waals surface area contributed by atoms with Crippen molar-refractivity contribution in [2.24, 2.45) is 19.8 Å². The molecule has 12 aromatic rings. The number of aromatic amines is 1. The van der Waals surface area contributed by atoms with E-state index in [1.165, 1.54) is 20.7 Å². The molecule has 8 heterocycles. The van der Waals surface area contributed by atoms with E-state index in [0.29, 0.717) is 56.3 Å². The van der Waals surface area contributed by atoms with Crippen molar-refractivity contribution in [1.29, 1.82) is 5.26 Å². The van der Waals surface area contributed by atoms with Gasteiger partial charge in [-0.15, -0.1) is 22.7 Å². The predicted molar refractivity (Wildman–Crippen MR) is 304 cm³/mol. The summed E-state index contributed by atoms with van der Waals surface area (Å²) in [5, 5.41) is 45.8. The van der Waals surface area contributed by atoms with Crippen LogP contribution in [0, 0.1) is 11.3 Å². The lowest BCUT2D eigenvalue weighted by atomic mass is 9.94. The molecule has 0 aliphatic carbocycles. The van der Waals surface area contributed by atoms with Gasteiger partial charge in [0.2, 0.25) is 5.60 Å². The van der Waals surface area contributed by atoms with Gasteiger partial charge in [0, 0.05) is 55.9 Å². The zero-order valence-electron chi connectivity index (χ0n) is 42.0. The number of primary amides is 1. The molecule has 0 radical (unpaired) electrons. The lowest BCUT2D eigenvalue weighted by Crippen LogP contribution is -2.42. The number of aryl methyl sites for hydroxylation is 2. The van der Waals surface area contributed by atoms with E-state index in [4.69, 9.17) is 15.5 Å². The van der Waals surface area contributed by atoms with Crippen molar-refractivity contribution in [3.63, 3.8) is 0 Å². The zero-order chi connectivity index (χ0) is 53.0. The molecule has 0 saturated heterocycles. The van der Waals surface area contributed by atoms with E-state index >= 15 is 0 Å². The first-order valence-corrected chi connectivity index (χ1v) is 29.6. The van der Waals surface area contributed by atoms with E-state index in [1.807, 2.05) is 89.2 Å². The Hall–Kier alpha value is -8.46. The average Bonchev–Trinajstić information content (AvgIpc) is 4.31. The number of nitrogens with two attached hydrogens (primary N) is 1. The smallest absolute Gasteiger partial charge is 0.291 e. The molecular weight excluding hydrogens is 1030 g/mol. The second kappa shape index (κ2) is 20.6. The molecule has 0 bridgehead atoms. The number of carbonyl (C=O) groups is 1. The van der Waals surface area contributed by atoms with Crippen LogP contribution >= 0.6 is 22.7 Å². The maximum Gasteiger partial charge on any atom is 0.291 e. The third-order valence-corrected chi connectivity index (χ3v) is 17.7. The van der Waals surface area contributed by atoms with Crippen LogP contribution < -0.4 is 16.9 Å². The monoisotopic (exact) mass is 1080 g/mol. The number of nitriles is 1. The van der Waals surface area contributed by atoms with Gasteiger partial charge in [0.25, 0.3) is 17.0 Å². The number of carbonyl (C=O) groups excluding carboxylic acids is 1. The van der Waals surface area contributed by atoms with E-state index in [1.54, 1.807) is 60.5 Å². The van der Waals surface area contributed by atoms with Crippen LogP contribution in [0.25, 0.3) is 64.3 Å². The summed E-state index contributed by atoms with van der Waals surface area (Å²) in [7, 11) is 2.41. The van der Waals surface area contributed by atoms with Gasteiger partial charge in [-0.25, -0.2) is 24.0 Å². The highest BCUT2D eigenvalue weighted by atomic mass is 32.1. The number of nitrogens with zero attached hydrogens (tertiary/aromatic N) is 12. The topological polar surface area (TPSA) is 248 Å². The quantitative estimate of drug-likeness (QED) is 0.0687. The van der Waals surface area contributed by atoms with Crippen molar-refractivity contribution in [1.82, 2.24) is 58.6 Å². The number of aromatic nitrogens is 12. The number of fused-ring (bicyclic) bond motifs is 8. The average molecular weight is 1080 g/mol. The highest BCUT2D eigenvalue weighted by Crippen LogP contribution is 2.39. The number of aliphatic hydroxyl groups is 1. The molecule has 4 N–H and O–H groups in total. The normalized spacial score (nSPS) is 13.0.